The number of aromatic nitrogens is 3. The fourth-order valence-corrected chi connectivity index (χ4v) is 3.32. The highest BCUT2D eigenvalue weighted by Crippen LogP contribution is 2.26. The molecular formula is C25H26BN5O3. The van der Waals surface area contributed by atoms with Crippen LogP contribution in [0, 0.1) is 0 Å². The molecule has 0 saturated heterocycles. The van der Waals surface area contributed by atoms with Gasteiger partial charge in [-0.05, 0) is 37.6 Å². The summed E-state index contributed by atoms with van der Waals surface area (Å²) in [5, 5.41) is 11.6. The molecule has 8 nitrogen and oxygen atoms in total. The summed E-state index contributed by atoms with van der Waals surface area (Å²) in [7, 11) is 6.16. The molecule has 4 rings (SSSR count). The van der Waals surface area contributed by atoms with E-state index in [1.165, 1.54) is 0 Å². The molecule has 0 aliphatic carbocycles. The van der Waals surface area contributed by atoms with Gasteiger partial charge in [0.2, 0.25) is 11.6 Å². The van der Waals surface area contributed by atoms with Crippen LogP contribution in [-0.4, -0.2) is 40.5 Å². The highest BCUT2D eigenvalue weighted by atomic mass is 16.5. The molecule has 2 aromatic heterocycles. The smallest absolute Gasteiger partial charge is 0.240 e. The topological polar surface area (TPSA) is 104 Å². The van der Waals surface area contributed by atoms with Crippen LogP contribution in [-0.2, 0) is 16.1 Å². The van der Waals surface area contributed by atoms with Crippen molar-refractivity contribution in [1.29, 1.82) is 0 Å². The number of benzene rings is 2. The van der Waals surface area contributed by atoms with Crippen molar-refractivity contribution < 1.29 is 14.3 Å². The van der Waals surface area contributed by atoms with E-state index < -0.39 is 11.6 Å². The molecule has 1 atom stereocenters. The fraction of sp³-hybridized carbons (Fsp3) is 0.240. The standard InChI is InChI=1S/C25H26BN5O3/c1-25(2,27)24(32)28-20(16-33-15-17-9-5-3-6-10-17)22-29-30-23-21(13-18(26)14-31(22)23)34-19-11-7-4-8-12-19/h3-14,20H,15-16,27H2,1-2H3,(H,28,32)/t20-/m1/s1. The molecule has 9 heteroatoms. The van der Waals surface area contributed by atoms with Gasteiger partial charge < -0.3 is 20.5 Å². The summed E-state index contributed by atoms with van der Waals surface area (Å²) in [5.74, 6) is 1.19. The highest BCUT2D eigenvalue weighted by Gasteiger charge is 2.28. The van der Waals surface area contributed by atoms with Crippen LogP contribution in [0.3, 0.4) is 0 Å². The van der Waals surface area contributed by atoms with Gasteiger partial charge in [0.05, 0.1) is 18.8 Å². The van der Waals surface area contributed by atoms with Crippen molar-refractivity contribution in [3.05, 3.63) is 84.3 Å². The quantitative estimate of drug-likeness (QED) is 0.376. The second kappa shape index (κ2) is 10.1. The number of amides is 1. The number of para-hydroxylation sites is 1. The van der Waals surface area contributed by atoms with Gasteiger partial charge in [0.1, 0.15) is 19.6 Å². The van der Waals surface area contributed by atoms with Crippen LogP contribution >= 0.6 is 0 Å². The molecule has 2 radical (unpaired) electrons. The number of nitrogens with zero attached hydrogens (tertiary/aromatic N) is 3. The average molecular weight is 455 g/mol. The maximum absolute atomic E-state index is 12.7. The van der Waals surface area contributed by atoms with E-state index >= 15 is 0 Å². The van der Waals surface area contributed by atoms with Crippen LogP contribution in [0.2, 0.25) is 0 Å². The van der Waals surface area contributed by atoms with E-state index in [2.05, 4.69) is 15.5 Å². The summed E-state index contributed by atoms with van der Waals surface area (Å²) < 4.78 is 13.6. The first-order valence-electron chi connectivity index (χ1n) is 10.9. The number of nitrogens with two attached hydrogens (primary N) is 1. The Morgan fingerprint density at radius 3 is 2.47 bits per heavy atom. The Labute approximate surface area is 199 Å². The van der Waals surface area contributed by atoms with Gasteiger partial charge in [-0.15, -0.1) is 10.2 Å². The van der Waals surface area contributed by atoms with Gasteiger partial charge in [0, 0.05) is 6.20 Å². The number of pyridine rings is 1. The van der Waals surface area contributed by atoms with Crippen LogP contribution in [0.15, 0.2) is 72.9 Å². The normalized spacial score (nSPS) is 12.4. The minimum atomic E-state index is -1.08. The molecule has 0 aliphatic rings. The lowest BCUT2D eigenvalue weighted by atomic mass is 9.98. The van der Waals surface area contributed by atoms with Crippen LogP contribution < -0.4 is 21.3 Å². The molecule has 3 N–H and O–H groups in total. The molecule has 0 saturated carbocycles. The van der Waals surface area contributed by atoms with E-state index in [-0.39, 0.29) is 12.5 Å². The van der Waals surface area contributed by atoms with Gasteiger partial charge in [-0.3, -0.25) is 9.20 Å². The maximum Gasteiger partial charge on any atom is 0.240 e. The minimum Gasteiger partial charge on any atom is -0.453 e. The first kappa shape index (κ1) is 23.5. The Morgan fingerprint density at radius 2 is 1.79 bits per heavy atom. The molecule has 0 bridgehead atoms. The van der Waals surface area contributed by atoms with Crippen LogP contribution in [0.25, 0.3) is 5.65 Å². The van der Waals surface area contributed by atoms with Crippen molar-refractivity contribution in [1.82, 2.24) is 19.9 Å². The Bertz CT molecular complexity index is 1260. The summed E-state index contributed by atoms with van der Waals surface area (Å²) in [6.07, 6.45) is 1.69. The largest absolute Gasteiger partial charge is 0.453 e. The zero-order chi connectivity index (χ0) is 24.1. The number of hydrogen-bond donors (Lipinski definition) is 2. The third-order valence-corrected chi connectivity index (χ3v) is 5.09. The maximum atomic E-state index is 12.7. The third-order valence-electron chi connectivity index (χ3n) is 5.09. The van der Waals surface area contributed by atoms with Crippen molar-refractivity contribution in [3.63, 3.8) is 0 Å². The molecule has 0 spiro atoms. The summed E-state index contributed by atoms with van der Waals surface area (Å²) in [5.41, 5.74) is 6.85. The average Bonchev–Trinajstić information content (AvgIpc) is 3.23. The van der Waals surface area contributed by atoms with Crippen molar-refractivity contribution >= 4 is 24.9 Å². The second-order valence-electron chi connectivity index (χ2n) is 8.55. The fourth-order valence-electron chi connectivity index (χ4n) is 3.32. The summed E-state index contributed by atoms with van der Waals surface area (Å²) >= 11 is 0. The summed E-state index contributed by atoms with van der Waals surface area (Å²) in [6, 6.07) is 20.1. The molecule has 0 aliphatic heterocycles. The number of nitrogens with one attached hydrogen (secondary N) is 1. The second-order valence-corrected chi connectivity index (χ2v) is 8.55. The van der Waals surface area contributed by atoms with E-state index in [1.807, 2.05) is 60.7 Å². The van der Waals surface area contributed by atoms with Gasteiger partial charge >= 0.3 is 0 Å². The van der Waals surface area contributed by atoms with E-state index in [0.717, 1.165) is 5.56 Å². The van der Waals surface area contributed by atoms with Gasteiger partial charge in [0.15, 0.2) is 11.6 Å². The Hall–Kier alpha value is -3.69. The van der Waals surface area contributed by atoms with Gasteiger partial charge in [-0.1, -0.05) is 54.0 Å². The molecule has 0 fully saturated rings. The SMILES string of the molecule is [B]c1cc(Oc2ccccc2)c2nnc([C@@H](COCc3ccccc3)NC(=O)C(C)(C)N)n2c1. The molecule has 0 unspecified atom stereocenters. The van der Waals surface area contributed by atoms with Crippen molar-refractivity contribution in [2.45, 2.75) is 32.0 Å². The predicted octanol–water partition coefficient (Wildman–Crippen LogP) is 2.43. The summed E-state index contributed by atoms with van der Waals surface area (Å²) in [6.45, 7) is 3.80. The van der Waals surface area contributed by atoms with E-state index in [9.17, 15) is 4.79 Å². The monoisotopic (exact) mass is 455 g/mol. The molecule has 1 amide bonds. The number of rotatable bonds is 9. The van der Waals surface area contributed by atoms with Crippen molar-refractivity contribution in [2.75, 3.05) is 6.61 Å². The summed E-state index contributed by atoms with van der Waals surface area (Å²) in [4.78, 5) is 12.7. The van der Waals surface area contributed by atoms with Crippen LogP contribution in [0.5, 0.6) is 11.5 Å². The number of carbonyl (C=O) groups is 1. The molecule has 2 aromatic carbocycles. The Balaban J connectivity index is 1.64. The Morgan fingerprint density at radius 1 is 1.12 bits per heavy atom. The Kier molecular flexibility index (Phi) is 6.95. The lowest BCUT2D eigenvalue weighted by Gasteiger charge is -2.23. The molecule has 4 aromatic rings. The number of fused-ring (bicyclic) bond motifs is 1. The van der Waals surface area contributed by atoms with E-state index in [4.69, 9.17) is 23.1 Å². The third kappa shape index (κ3) is 5.62. The predicted molar refractivity (Wildman–Crippen MR) is 130 cm³/mol. The van der Waals surface area contributed by atoms with Gasteiger partial charge in [-0.25, -0.2) is 0 Å². The minimum absolute atomic E-state index is 0.154. The number of carbonyl (C=O) groups excluding carboxylic acids is 1. The number of hydrogen-bond acceptors (Lipinski definition) is 6. The molecule has 2 heterocycles. The van der Waals surface area contributed by atoms with Crippen LogP contribution in [0.4, 0.5) is 0 Å². The lowest BCUT2D eigenvalue weighted by Crippen LogP contribution is -2.51. The zero-order valence-electron chi connectivity index (χ0n) is 19.1. The van der Waals surface area contributed by atoms with E-state index in [0.29, 0.717) is 35.0 Å². The lowest BCUT2D eigenvalue weighted by molar-refractivity contribution is -0.126. The van der Waals surface area contributed by atoms with Crippen LogP contribution in [0.1, 0.15) is 31.3 Å². The van der Waals surface area contributed by atoms with Crippen molar-refractivity contribution in [3.8, 4) is 11.5 Å². The van der Waals surface area contributed by atoms with Gasteiger partial charge in [-0.2, -0.15) is 0 Å². The highest BCUT2D eigenvalue weighted by molar-refractivity contribution is 6.32. The first-order valence-corrected chi connectivity index (χ1v) is 10.9. The molecular weight excluding hydrogens is 429 g/mol. The number of ether oxygens (including phenoxy) is 2. The first-order chi connectivity index (χ1) is 16.3. The van der Waals surface area contributed by atoms with E-state index in [1.54, 1.807) is 30.5 Å². The molecule has 34 heavy (non-hydrogen) atoms. The van der Waals surface area contributed by atoms with Gasteiger partial charge in [0.25, 0.3) is 0 Å². The molecule has 172 valence electrons. The zero-order valence-corrected chi connectivity index (χ0v) is 19.1. The van der Waals surface area contributed by atoms with Crippen molar-refractivity contribution in [2.24, 2.45) is 5.73 Å².